The highest BCUT2D eigenvalue weighted by Gasteiger charge is 2.15. The van der Waals surface area contributed by atoms with Gasteiger partial charge in [-0.1, -0.05) is 15.9 Å². The fourth-order valence-corrected chi connectivity index (χ4v) is 2.31. The zero-order valence-electron chi connectivity index (χ0n) is 8.59. The van der Waals surface area contributed by atoms with E-state index in [0.717, 1.165) is 10.5 Å². The summed E-state index contributed by atoms with van der Waals surface area (Å²) >= 11 is 10.8. The van der Waals surface area contributed by atoms with E-state index in [-0.39, 0.29) is 5.78 Å². The van der Waals surface area contributed by atoms with Gasteiger partial charge in [0.25, 0.3) is 0 Å². The van der Waals surface area contributed by atoms with Crippen LogP contribution in [0.4, 0.5) is 0 Å². The minimum absolute atomic E-state index is 0.0150. The lowest BCUT2D eigenvalue weighted by atomic mass is 10.0. The maximum atomic E-state index is 11.8. The number of carbonyl (C=O) groups excluding carboxylic acids is 1. The summed E-state index contributed by atoms with van der Waals surface area (Å²) in [6.07, 6.45) is 2.01. The third-order valence-electron chi connectivity index (χ3n) is 2.08. The molecule has 1 nitrogen and oxygen atoms in total. The molecule has 0 saturated heterocycles. The van der Waals surface area contributed by atoms with Crippen LogP contribution >= 0.6 is 39.3 Å². The molecular formula is C11H12BrClOS. The van der Waals surface area contributed by atoms with Crippen molar-refractivity contribution in [1.82, 2.24) is 0 Å². The van der Waals surface area contributed by atoms with E-state index >= 15 is 0 Å². The molecule has 1 aromatic rings. The number of hydrogen-bond donors (Lipinski definition) is 0. The van der Waals surface area contributed by atoms with Crippen molar-refractivity contribution >= 4 is 45.1 Å². The molecule has 0 saturated carbocycles. The summed E-state index contributed by atoms with van der Waals surface area (Å²) < 4.78 is 0. The summed E-state index contributed by atoms with van der Waals surface area (Å²) in [4.78, 5) is 12.9. The van der Waals surface area contributed by atoms with Gasteiger partial charge in [0.15, 0.2) is 5.78 Å². The molecule has 1 unspecified atom stereocenters. The van der Waals surface area contributed by atoms with Gasteiger partial charge in [-0.2, -0.15) is 0 Å². The number of benzene rings is 1. The van der Waals surface area contributed by atoms with Crippen molar-refractivity contribution < 1.29 is 4.79 Å². The molecule has 0 spiro atoms. The fraction of sp³-hybridized carbons (Fsp3) is 0.364. The largest absolute Gasteiger partial charge is 0.293 e. The average molecular weight is 308 g/mol. The van der Waals surface area contributed by atoms with Crippen LogP contribution in [0.1, 0.15) is 22.8 Å². The van der Waals surface area contributed by atoms with Crippen LogP contribution in [0.15, 0.2) is 23.1 Å². The third kappa shape index (κ3) is 3.23. The number of alkyl halides is 2. The van der Waals surface area contributed by atoms with Gasteiger partial charge in [0.05, 0.1) is 5.38 Å². The van der Waals surface area contributed by atoms with E-state index in [4.69, 9.17) is 11.6 Å². The molecule has 0 aliphatic rings. The summed E-state index contributed by atoms with van der Waals surface area (Å²) in [6, 6.07) is 5.82. The Kier molecular flexibility index (Phi) is 5.16. The molecule has 15 heavy (non-hydrogen) atoms. The maximum absolute atomic E-state index is 11.8. The zero-order chi connectivity index (χ0) is 11.4. The lowest BCUT2D eigenvalue weighted by molar-refractivity contribution is 0.0991. The number of Topliss-reactive ketones (excluding diaryl/α,β-unsaturated/α-hetero) is 1. The molecule has 0 radical (unpaired) electrons. The van der Waals surface area contributed by atoms with E-state index in [9.17, 15) is 4.79 Å². The smallest absolute Gasteiger partial charge is 0.180 e. The van der Waals surface area contributed by atoms with Crippen molar-refractivity contribution in [3.63, 3.8) is 0 Å². The summed E-state index contributed by atoms with van der Waals surface area (Å²) in [5, 5.41) is 0.203. The van der Waals surface area contributed by atoms with E-state index in [0.29, 0.717) is 10.9 Å². The average Bonchev–Trinajstić information content (AvgIpc) is 2.27. The second-order valence-electron chi connectivity index (χ2n) is 3.14. The molecule has 1 rings (SSSR count). The van der Waals surface area contributed by atoms with Crippen molar-refractivity contribution in [3.05, 3.63) is 29.3 Å². The number of halogens is 2. The second-order valence-corrected chi connectivity index (χ2v) is 5.23. The van der Waals surface area contributed by atoms with Crippen molar-refractivity contribution in [2.75, 3.05) is 6.26 Å². The van der Waals surface area contributed by atoms with Gasteiger partial charge in [0.2, 0.25) is 0 Å². The minimum atomic E-state index is -0.470. The van der Waals surface area contributed by atoms with Gasteiger partial charge in [-0.15, -0.1) is 23.4 Å². The van der Waals surface area contributed by atoms with Gasteiger partial charge in [-0.3, -0.25) is 4.79 Å². The molecule has 0 aromatic heterocycles. The highest BCUT2D eigenvalue weighted by atomic mass is 79.9. The fourth-order valence-electron chi connectivity index (χ4n) is 1.26. The topological polar surface area (TPSA) is 17.1 Å². The minimum Gasteiger partial charge on any atom is -0.293 e. The Morgan fingerprint density at radius 3 is 2.73 bits per heavy atom. The Morgan fingerprint density at radius 1 is 1.60 bits per heavy atom. The lowest BCUT2D eigenvalue weighted by Gasteiger charge is -2.09. The highest BCUT2D eigenvalue weighted by molar-refractivity contribution is 9.08. The number of rotatable bonds is 4. The van der Waals surface area contributed by atoms with Gasteiger partial charge in [0, 0.05) is 15.8 Å². The van der Waals surface area contributed by atoms with Crippen LogP contribution < -0.4 is 0 Å². The molecule has 0 N–H and O–H groups in total. The first kappa shape index (κ1) is 13.1. The number of thioether (sulfide) groups is 1. The molecule has 0 aliphatic carbocycles. The molecule has 0 heterocycles. The maximum Gasteiger partial charge on any atom is 0.180 e. The summed E-state index contributed by atoms with van der Waals surface area (Å²) in [5.41, 5.74) is 1.71. The first-order chi connectivity index (χ1) is 7.10. The predicted octanol–water partition coefficient (Wildman–Crippen LogP) is 4.11. The van der Waals surface area contributed by atoms with E-state index in [2.05, 4.69) is 15.9 Å². The van der Waals surface area contributed by atoms with Crippen molar-refractivity contribution in [2.45, 2.75) is 22.5 Å². The van der Waals surface area contributed by atoms with Gasteiger partial charge in [-0.25, -0.2) is 0 Å². The lowest BCUT2D eigenvalue weighted by Crippen LogP contribution is -2.12. The van der Waals surface area contributed by atoms with E-state index < -0.39 is 5.38 Å². The molecule has 0 bridgehead atoms. The van der Waals surface area contributed by atoms with Crippen molar-refractivity contribution in [2.24, 2.45) is 0 Å². The number of ketones is 1. The Bertz CT molecular complexity index is 366. The van der Waals surface area contributed by atoms with E-state index in [1.807, 2.05) is 24.5 Å². The van der Waals surface area contributed by atoms with Crippen LogP contribution in [0.2, 0.25) is 0 Å². The second kappa shape index (κ2) is 5.92. The Labute approximate surface area is 108 Å². The molecule has 0 aliphatic heterocycles. The Hall–Kier alpha value is 0.01000. The van der Waals surface area contributed by atoms with Crippen LogP contribution in [0.25, 0.3) is 0 Å². The molecule has 0 fully saturated rings. The van der Waals surface area contributed by atoms with Crippen LogP contribution in [0.3, 0.4) is 0 Å². The van der Waals surface area contributed by atoms with Gasteiger partial charge >= 0.3 is 0 Å². The SMILES string of the molecule is CSc1ccc(C(=O)C(C)Cl)c(CBr)c1. The predicted molar refractivity (Wildman–Crippen MR) is 70.5 cm³/mol. The Balaban J connectivity index is 3.13. The molecule has 1 atom stereocenters. The monoisotopic (exact) mass is 306 g/mol. The summed E-state index contributed by atoms with van der Waals surface area (Å²) in [6.45, 7) is 1.70. The quantitative estimate of drug-likeness (QED) is 0.473. The van der Waals surface area contributed by atoms with Crippen molar-refractivity contribution in [3.8, 4) is 0 Å². The first-order valence-electron chi connectivity index (χ1n) is 4.51. The highest BCUT2D eigenvalue weighted by Crippen LogP contribution is 2.23. The van der Waals surface area contributed by atoms with Crippen LogP contribution in [-0.4, -0.2) is 17.4 Å². The van der Waals surface area contributed by atoms with Gasteiger partial charge in [-0.05, 0) is 36.9 Å². The normalized spacial score (nSPS) is 12.5. The Morgan fingerprint density at radius 2 is 2.27 bits per heavy atom. The van der Waals surface area contributed by atoms with Crippen LogP contribution in [0, 0.1) is 0 Å². The van der Waals surface area contributed by atoms with Gasteiger partial charge < -0.3 is 0 Å². The first-order valence-corrected chi connectivity index (χ1v) is 7.29. The molecule has 1 aromatic carbocycles. The summed E-state index contributed by atoms with van der Waals surface area (Å²) in [7, 11) is 0. The van der Waals surface area contributed by atoms with Crippen LogP contribution in [0.5, 0.6) is 0 Å². The molecule has 4 heteroatoms. The molecule has 0 amide bonds. The third-order valence-corrected chi connectivity index (χ3v) is 3.61. The van der Waals surface area contributed by atoms with E-state index in [1.165, 1.54) is 0 Å². The standard InChI is InChI=1S/C11H12BrClOS/c1-7(13)11(14)10-4-3-9(15-2)5-8(10)6-12/h3-5,7H,6H2,1-2H3. The molecule has 82 valence electrons. The molecular weight excluding hydrogens is 296 g/mol. The van der Waals surface area contributed by atoms with Gasteiger partial charge in [0.1, 0.15) is 0 Å². The number of carbonyl (C=O) groups is 1. The van der Waals surface area contributed by atoms with Crippen LogP contribution in [-0.2, 0) is 5.33 Å². The van der Waals surface area contributed by atoms with Crippen molar-refractivity contribution in [1.29, 1.82) is 0 Å². The zero-order valence-corrected chi connectivity index (χ0v) is 11.7. The number of hydrogen-bond acceptors (Lipinski definition) is 2. The summed E-state index contributed by atoms with van der Waals surface area (Å²) in [5.74, 6) is -0.0150. The van der Waals surface area contributed by atoms with E-state index in [1.54, 1.807) is 18.7 Å².